The van der Waals surface area contributed by atoms with Crippen molar-refractivity contribution in [3.8, 4) is 11.6 Å². The van der Waals surface area contributed by atoms with Crippen molar-refractivity contribution in [2.75, 3.05) is 13.1 Å². The molecule has 0 bridgehead atoms. The van der Waals surface area contributed by atoms with Crippen molar-refractivity contribution in [2.24, 2.45) is 0 Å². The van der Waals surface area contributed by atoms with E-state index in [0.29, 0.717) is 30.4 Å². The van der Waals surface area contributed by atoms with Crippen LogP contribution in [0.15, 0.2) is 47.1 Å². The lowest BCUT2D eigenvalue weighted by molar-refractivity contribution is 0.0703. The third-order valence-electron chi connectivity index (χ3n) is 4.44. The van der Waals surface area contributed by atoms with Gasteiger partial charge in [0.2, 0.25) is 0 Å². The number of hydrogen-bond donors (Lipinski definition) is 1. The first-order chi connectivity index (χ1) is 12.2. The largest absolute Gasteiger partial charge is 0.357 e. The molecular formula is C18H17FN4O2. The highest BCUT2D eigenvalue weighted by Crippen LogP contribution is 2.27. The van der Waals surface area contributed by atoms with Crippen molar-refractivity contribution >= 4 is 5.91 Å². The third-order valence-corrected chi connectivity index (χ3v) is 4.44. The van der Waals surface area contributed by atoms with Gasteiger partial charge in [0.25, 0.3) is 11.8 Å². The first-order valence-corrected chi connectivity index (χ1v) is 8.23. The molecule has 3 aromatic rings. The molecule has 0 spiro atoms. The molecule has 1 fully saturated rings. The van der Waals surface area contributed by atoms with Crippen molar-refractivity contribution in [2.45, 2.75) is 18.8 Å². The van der Waals surface area contributed by atoms with E-state index in [1.54, 1.807) is 11.1 Å². The summed E-state index contributed by atoms with van der Waals surface area (Å²) in [6, 6.07) is 9.36. The molecule has 1 saturated heterocycles. The van der Waals surface area contributed by atoms with Gasteiger partial charge in [0.1, 0.15) is 11.5 Å². The highest BCUT2D eigenvalue weighted by molar-refractivity contribution is 5.94. The number of H-pyrrole nitrogens is 1. The van der Waals surface area contributed by atoms with E-state index in [0.717, 1.165) is 18.5 Å². The standard InChI is InChI=1S/C18H17FN4O2/c19-14-7-5-12(6-8-14)18(24)23-10-2-3-13(11-23)16-21-17(25-22-16)15-4-1-9-20-15/h1,4-9,13,20H,2-3,10-11H2. The Bertz CT molecular complexity index is 858. The van der Waals surface area contributed by atoms with Gasteiger partial charge in [-0.05, 0) is 49.2 Å². The fourth-order valence-electron chi connectivity index (χ4n) is 3.12. The third kappa shape index (κ3) is 3.17. The number of carbonyl (C=O) groups excluding carboxylic acids is 1. The van der Waals surface area contributed by atoms with Gasteiger partial charge in [-0.3, -0.25) is 4.79 Å². The number of benzene rings is 1. The van der Waals surface area contributed by atoms with Crippen LogP contribution in [0.3, 0.4) is 0 Å². The van der Waals surface area contributed by atoms with Crippen LogP contribution in [0.25, 0.3) is 11.6 Å². The summed E-state index contributed by atoms with van der Waals surface area (Å²) in [5.41, 5.74) is 1.26. The Morgan fingerprint density at radius 2 is 2.12 bits per heavy atom. The van der Waals surface area contributed by atoms with Crippen molar-refractivity contribution in [1.82, 2.24) is 20.0 Å². The van der Waals surface area contributed by atoms with E-state index in [1.165, 1.54) is 24.3 Å². The number of likely N-dealkylation sites (tertiary alicyclic amines) is 1. The Morgan fingerprint density at radius 3 is 2.88 bits per heavy atom. The highest BCUT2D eigenvalue weighted by atomic mass is 19.1. The second-order valence-corrected chi connectivity index (χ2v) is 6.14. The van der Waals surface area contributed by atoms with Gasteiger partial charge in [-0.25, -0.2) is 4.39 Å². The fourth-order valence-corrected chi connectivity index (χ4v) is 3.12. The number of nitrogens with one attached hydrogen (secondary N) is 1. The molecule has 6 nitrogen and oxygen atoms in total. The fraction of sp³-hybridized carbons (Fsp3) is 0.278. The molecule has 128 valence electrons. The second kappa shape index (κ2) is 6.51. The summed E-state index contributed by atoms with van der Waals surface area (Å²) in [5, 5.41) is 4.08. The van der Waals surface area contributed by atoms with Crippen LogP contribution in [0.4, 0.5) is 4.39 Å². The maximum Gasteiger partial charge on any atom is 0.274 e. The Kier molecular flexibility index (Phi) is 4.05. The summed E-state index contributed by atoms with van der Waals surface area (Å²) in [4.78, 5) is 21.9. The van der Waals surface area contributed by atoms with Crippen LogP contribution < -0.4 is 0 Å². The van der Waals surface area contributed by atoms with E-state index in [9.17, 15) is 9.18 Å². The zero-order chi connectivity index (χ0) is 17.2. The minimum absolute atomic E-state index is 0.0330. The average molecular weight is 340 g/mol. The Balaban J connectivity index is 1.49. The summed E-state index contributed by atoms with van der Waals surface area (Å²) in [6.07, 6.45) is 3.56. The zero-order valence-electron chi connectivity index (χ0n) is 13.5. The zero-order valence-corrected chi connectivity index (χ0v) is 13.5. The Hall–Kier alpha value is -2.96. The minimum atomic E-state index is -0.350. The molecule has 7 heteroatoms. The second-order valence-electron chi connectivity index (χ2n) is 6.14. The van der Waals surface area contributed by atoms with E-state index in [4.69, 9.17) is 4.52 Å². The van der Waals surface area contributed by atoms with Gasteiger partial charge < -0.3 is 14.4 Å². The van der Waals surface area contributed by atoms with E-state index < -0.39 is 0 Å². The number of rotatable bonds is 3. The van der Waals surface area contributed by atoms with Crippen LogP contribution in [0, 0.1) is 5.82 Å². The average Bonchev–Trinajstić information content (AvgIpc) is 3.33. The molecule has 2 aromatic heterocycles. The molecule has 1 unspecified atom stereocenters. The molecule has 1 N–H and O–H groups in total. The van der Waals surface area contributed by atoms with Gasteiger partial charge in [0, 0.05) is 30.8 Å². The lowest BCUT2D eigenvalue weighted by Gasteiger charge is -2.31. The smallest absolute Gasteiger partial charge is 0.274 e. The monoisotopic (exact) mass is 340 g/mol. The van der Waals surface area contributed by atoms with Gasteiger partial charge >= 0.3 is 0 Å². The number of nitrogens with zero attached hydrogens (tertiary/aromatic N) is 3. The van der Waals surface area contributed by atoms with E-state index in [2.05, 4.69) is 15.1 Å². The van der Waals surface area contributed by atoms with Gasteiger partial charge in [0.05, 0.1) is 0 Å². The molecule has 1 amide bonds. The highest BCUT2D eigenvalue weighted by Gasteiger charge is 2.28. The summed E-state index contributed by atoms with van der Waals surface area (Å²) < 4.78 is 18.4. The van der Waals surface area contributed by atoms with E-state index in [-0.39, 0.29) is 17.6 Å². The molecule has 1 aromatic carbocycles. The first kappa shape index (κ1) is 15.6. The maximum atomic E-state index is 13.0. The molecule has 0 radical (unpaired) electrons. The molecule has 25 heavy (non-hydrogen) atoms. The van der Waals surface area contributed by atoms with Crippen LogP contribution in [-0.2, 0) is 0 Å². The molecule has 0 saturated carbocycles. The number of halogens is 1. The van der Waals surface area contributed by atoms with Gasteiger partial charge in [-0.2, -0.15) is 4.98 Å². The van der Waals surface area contributed by atoms with Crippen LogP contribution in [0.2, 0.25) is 0 Å². The molecule has 1 aliphatic heterocycles. The van der Waals surface area contributed by atoms with Gasteiger partial charge in [-0.1, -0.05) is 5.16 Å². The van der Waals surface area contributed by atoms with Crippen molar-refractivity contribution in [3.05, 3.63) is 59.8 Å². The Labute approximate surface area is 143 Å². The molecular weight excluding hydrogens is 323 g/mol. The van der Waals surface area contributed by atoms with E-state index >= 15 is 0 Å². The van der Waals surface area contributed by atoms with Crippen LogP contribution in [-0.4, -0.2) is 39.0 Å². The lowest BCUT2D eigenvalue weighted by atomic mass is 9.96. The van der Waals surface area contributed by atoms with Crippen molar-refractivity contribution in [3.63, 3.8) is 0 Å². The molecule has 0 aliphatic carbocycles. The molecule has 4 rings (SSSR count). The number of carbonyl (C=O) groups is 1. The maximum absolute atomic E-state index is 13.0. The number of piperidine rings is 1. The van der Waals surface area contributed by atoms with E-state index in [1.807, 2.05) is 12.1 Å². The summed E-state index contributed by atoms with van der Waals surface area (Å²) in [5.74, 6) is 0.642. The predicted molar refractivity (Wildman–Crippen MR) is 88.4 cm³/mol. The van der Waals surface area contributed by atoms with Crippen LogP contribution in [0.1, 0.15) is 34.9 Å². The molecule has 1 aliphatic rings. The summed E-state index contributed by atoms with van der Waals surface area (Å²) in [7, 11) is 0. The number of hydrogen-bond acceptors (Lipinski definition) is 4. The summed E-state index contributed by atoms with van der Waals surface area (Å²) >= 11 is 0. The van der Waals surface area contributed by atoms with Gasteiger partial charge in [-0.15, -0.1) is 0 Å². The number of aromatic nitrogens is 3. The van der Waals surface area contributed by atoms with Gasteiger partial charge in [0.15, 0.2) is 5.82 Å². The first-order valence-electron chi connectivity index (χ1n) is 8.23. The van der Waals surface area contributed by atoms with Crippen molar-refractivity contribution < 1.29 is 13.7 Å². The lowest BCUT2D eigenvalue weighted by Crippen LogP contribution is -2.39. The topological polar surface area (TPSA) is 75.0 Å². The van der Waals surface area contributed by atoms with Crippen LogP contribution >= 0.6 is 0 Å². The normalized spacial score (nSPS) is 17.6. The number of amides is 1. The minimum Gasteiger partial charge on any atom is -0.357 e. The number of aromatic amines is 1. The summed E-state index contributed by atoms with van der Waals surface area (Å²) in [6.45, 7) is 1.20. The quantitative estimate of drug-likeness (QED) is 0.794. The Morgan fingerprint density at radius 1 is 1.28 bits per heavy atom. The molecule has 3 heterocycles. The predicted octanol–water partition coefficient (Wildman–Crippen LogP) is 3.22. The van der Waals surface area contributed by atoms with Crippen molar-refractivity contribution in [1.29, 1.82) is 0 Å². The van der Waals surface area contributed by atoms with Crippen LogP contribution in [0.5, 0.6) is 0 Å². The molecule has 1 atom stereocenters. The SMILES string of the molecule is O=C(c1ccc(F)cc1)N1CCCC(c2noc(-c3ccc[nH]3)n2)C1.